The van der Waals surface area contributed by atoms with Gasteiger partial charge in [0.05, 0.1) is 18.8 Å². The molecule has 2 aliphatic rings. The molecule has 0 radical (unpaired) electrons. The zero-order chi connectivity index (χ0) is 24.4. The molecule has 3 heterocycles. The van der Waals surface area contributed by atoms with Gasteiger partial charge in [0, 0.05) is 46.6 Å². The highest BCUT2D eigenvalue weighted by molar-refractivity contribution is 14.1. The number of hydrogen-bond acceptors (Lipinski definition) is 6. The summed E-state index contributed by atoms with van der Waals surface area (Å²) in [5.74, 6) is 0.263. The molecule has 1 N–H and O–H groups in total. The molecule has 1 aromatic heterocycles. The van der Waals surface area contributed by atoms with Gasteiger partial charge < -0.3 is 24.3 Å². The first-order valence-corrected chi connectivity index (χ1v) is 13.3. The highest BCUT2D eigenvalue weighted by Gasteiger charge is 2.38. The molecule has 1 spiro atoms. The highest BCUT2D eigenvalue weighted by Crippen LogP contribution is 2.33. The highest BCUT2D eigenvalue weighted by atomic mass is 127. The molecule has 0 unspecified atom stereocenters. The van der Waals surface area contributed by atoms with Crippen LogP contribution in [0.1, 0.15) is 30.3 Å². The third kappa shape index (κ3) is 5.24. The SMILES string of the molecule is CCOC(=O)c1[nH]c(-c2ccc(N3CCC4(CC3)CN(C)CCO4)cc2)nc1-c1ccc(I)cc1. The summed E-state index contributed by atoms with van der Waals surface area (Å²) in [6, 6.07) is 16.4. The molecule has 7 nitrogen and oxygen atoms in total. The topological polar surface area (TPSA) is 70.7 Å². The second-order valence-electron chi connectivity index (χ2n) is 9.34. The smallest absolute Gasteiger partial charge is 0.357 e. The molecule has 0 saturated carbocycles. The van der Waals surface area contributed by atoms with Crippen molar-refractivity contribution < 1.29 is 14.3 Å². The largest absolute Gasteiger partial charge is 0.461 e. The number of carbonyl (C=O) groups excluding carboxylic acids is 1. The van der Waals surface area contributed by atoms with E-state index in [9.17, 15) is 4.79 Å². The van der Waals surface area contributed by atoms with Crippen molar-refractivity contribution in [3.63, 3.8) is 0 Å². The molecular formula is C27H31IN4O3. The number of ether oxygens (including phenoxy) is 2. The Bertz CT molecular complexity index is 1170. The van der Waals surface area contributed by atoms with Gasteiger partial charge in [0.1, 0.15) is 11.5 Å². The summed E-state index contributed by atoms with van der Waals surface area (Å²) < 4.78 is 12.6. The average molecular weight is 586 g/mol. The van der Waals surface area contributed by atoms with Crippen LogP contribution in [-0.4, -0.2) is 72.9 Å². The van der Waals surface area contributed by atoms with Crippen molar-refractivity contribution >= 4 is 34.2 Å². The average Bonchev–Trinajstić information content (AvgIpc) is 3.31. The maximum absolute atomic E-state index is 12.6. The number of aromatic nitrogens is 2. The molecule has 5 rings (SSSR count). The quantitative estimate of drug-likeness (QED) is 0.342. The molecule has 0 atom stereocenters. The van der Waals surface area contributed by atoms with E-state index in [0.29, 0.717) is 23.8 Å². The van der Waals surface area contributed by atoms with E-state index in [-0.39, 0.29) is 5.60 Å². The number of piperidine rings is 1. The lowest BCUT2D eigenvalue weighted by Crippen LogP contribution is -2.56. The summed E-state index contributed by atoms with van der Waals surface area (Å²) in [4.78, 5) is 25.5. The van der Waals surface area contributed by atoms with E-state index >= 15 is 0 Å². The minimum atomic E-state index is -0.394. The lowest BCUT2D eigenvalue weighted by molar-refractivity contribution is -0.115. The van der Waals surface area contributed by atoms with Gasteiger partial charge in [0.25, 0.3) is 0 Å². The van der Waals surface area contributed by atoms with Crippen LogP contribution in [0.4, 0.5) is 5.69 Å². The van der Waals surface area contributed by atoms with Crippen molar-refractivity contribution in [3.8, 4) is 22.6 Å². The number of morpholine rings is 1. The van der Waals surface area contributed by atoms with Gasteiger partial charge in [0.2, 0.25) is 0 Å². The lowest BCUT2D eigenvalue weighted by atomic mass is 9.89. The second-order valence-corrected chi connectivity index (χ2v) is 10.6. The van der Waals surface area contributed by atoms with Crippen molar-refractivity contribution in [1.82, 2.24) is 14.9 Å². The Kier molecular flexibility index (Phi) is 7.13. The van der Waals surface area contributed by atoms with Crippen LogP contribution >= 0.6 is 22.6 Å². The van der Waals surface area contributed by atoms with Crippen LogP contribution in [0.25, 0.3) is 22.6 Å². The standard InChI is InChI=1S/C27H31IN4O3/c1-3-34-26(33)24-23(19-4-8-21(28)9-5-19)29-25(30-24)20-6-10-22(11-7-20)32-14-12-27(13-15-32)18-31(2)16-17-35-27/h4-11H,3,12-18H2,1-2H3,(H,29,30). The van der Waals surface area contributed by atoms with Gasteiger partial charge in [-0.2, -0.15) is 0 Å². The first-order chi connectivity index (χ1) is 17.0. The zero-order valence-corrected chi connectivity index (χ0v) is 22.4. The number of rotatable bonds is 5. The van der Waals surface area contributed by atoms with Crippen molar-refractivity contribution in [2.45, 2.75) is 25.4 Å². The van der Waals surface area contributed by atoms with Crippen LogP contribution in [0.2, 0.25) is 0 Å². The molecule has 8 heteroatoms. The Balaban J connectivity index is 1.35. The van der Waals surface area contributed by atoms with Gasteiger partial charge in [-0.1, -0.05) is 12.1 Å². The zero-order valence-electron chi connectivity index (χ0n) is 20.2. The maximum atomic E-state index is 12.6. The van der Waals surface area contributed by atoms with Crippen molar-refractivity contribution in [2.75, 3.05) is 51.3 Å². The van der Waals surface area contributed by atoms with Gasteiger partial charge in [-0.05, 0) is 85.8 Å². The fourth-order valence-corrected chi connectivity index (χ4v) is 5.38. The fourth-order valence-electron chi connectivity index (χ4n) is 5.02. The van der Waals surface area contributed by atoms with E-state index in [0.717, 1.165) is 60.3 Å². The number of benzene rings is 2. The summed E-state index contributed by atoms with van der Waals surface area (Å²) in [5, 5.41) is 0. The molecular weight excluding hydrogens is 555 g/mol. The summed E-state index contributed by atoms with van der Waals surface area (Å²) in [6.07, 6.45) is 2.08. The Morgan fingerprint density at radius 2 is 1.77 bits per heavy atom. The number of halogens is 1. The number of imidazole rings is 1. The lowest BCUT2D eigenvalue weighted by Gasteiger charge is -2.47. The number of anilines is 1. The number of aromatic amines is 1. The van der Waals surface area contributed by atoms with E-state index < -0.39 is 5.97 Å². The number of H-pyrrole nitrogens is 1. The van der Waals surface area contributed by atoms with E-state index in [1.165, 1.54) is 5.69 Å². The van der Waals surface area contributed by atoms with Crippen LogP contribution in [0.15, 0.2) is 48.5 Å². The Morgan fingerprint density at radius 3 is 2.43 bits per heavy atom. The summed E-state index contributed by atoms with van der Waals surface area (Å²) in [6.45, 7) is 6.95. The van der Waals surface area contributed by atoms with Crippen LogP contribution in [0.5, 0.6) is 0 Å². The number of nitrogens with zero attached hydrogens (tertiary/aromatic N) is 3. The number of carbonyl (C=O) groups is 1. The van der Waals surface area contributed by atoms with Gasteiger partial charge >= 0.3 is 5.97 Å². The van der Waals surface area contributed by atoms with Crippen molar-refractivity contribution in [2.24, 2.45) is 0 Å². The third-order valence-electron chi connectivity index (χ3n) is 6.92. The molecule has 2 aliphatic heterocycles. The number of likely N-dealkylation sites (N-methyl/N-ethyl adjacent to an activating group) is 1. The number of nitrogens with one attached hydrogen (secondary N) is 1. The third-order valence-corrected chi connectivity index (χ3v) is 7.64. The molecule has 0 bridgehead atoms. The molecule has 3 aromatic rings. The predicted molar refractivity (Wildman–Crippen MR) is 146 cm³/mol. The molecule has 184 valence electrons. The van der Waals surface area contributed by atoms with E-state index in [4.69, 9.17) is 14.5 Å². The Hall–Kier alpha value is -2.43. The molecule has 35 heavy (non-hydrogen) atoms. The summed E-state index contributed by atoms with van der Waals surface area (Å²) >= 11 is 2.27. The molecule has 2 fully saturated rings. The second kappa shape index (κ2) is 10.3. The first kappa shape index (κ1) is 24.3. The van der Waals surface area contributed by atoms with Gasteiger partial charge in [0.15, 0.2) is 5.69 Å². The molecule has 2 aromatic carbocycles. The summed E-state index contributed by atoms with van der Waals surface area (Å²) in [5.41, 5.74) is 4.01. The fraction of sp³-hybridized carbons (Fsp3) is 0.407. The Labute approximate surface area is 220 Å². The maximum Gasteiger partial charge on any atom is 0.357 e. The monoisotopic (exact) mass is 586 g/mol. The molecule has 2 saturated heterocycles. The van der Waals surface area contributed by atoms with E-state index in [2.05, 4.69) is 68.7 Å². The number of esters is 1. The van der Waals surface area contributed by atoms with Crippen LogP contribution in [-0.2, 0) is 9.47 Å². The minimum absolute atomic E-state index is 0.00696. The van der Waals surface area contributed by atoms with Gasteiger partial charge in [-0.3, -0.25) is 0 Å². The number of hydrogen-bond donors (Lipinski definition) is 1. The van der Waals surface area contributed by atoms with Crippen LogP contribution in [0.3, 0.4) is 0 Å². The van der Waals surface area contributed by atoms with E-state index in [1.54, 1.807) is 6.92 Å². The summed E-state index contributed by atoms with van der Waals surface area (Å²) in [7, 11) is 2.18. The predicted octanol–water partition coefficient (Wildman–Crippen LogP) is 4.83. The van der Waals surface area contributed by atoms with Gasteiger partial charge in [-0.15, -0.1) is 0 Å². The first-order valence-electron chi connectivity index (χ1n) is 12.2. The van der Waals surface area contributed by atoms with Gasteiger partial charge in [-0.25, -0.2) is 9.78 Å². The minimum Gasteiger partial charge on any atom is -0.461 e. The molecule has 0 aliphatic carbocycles. The van der Waals surface area contributed by atoms with Crippen LogP contribution < -0.4 is 4.90 Å². The van der Waals surface area contributed by atoms with Crippen molar-refractivity contribution in [1.29, 1.82) is 0 Å². The van der Waals surface area contributed by atoms with Crippen LogP contribution in [0, 0.1) is 3.57 Å². The Morgan fingerprint density at radius 1 is 1.09 bits per heavy atom. The molecule has 0 amide bonds. The van der Waals surface area contributed by atoms with E-state index in [1.807, 2.05) is 24.3 Å². The van der Waals surface area contributed by atoms with Crippen molar-refractivity contribution in [3.05, 3.63) is 57.8 Å². The normalized spacial score (nSPS) is 18.1.